The molecule has 1 heterocycles. The summed E-state index contributed by atoms with van der Waals surface area (Å²) >= 11 is 0. The Morgan fingerprint density at radius 1 is 1.43 bits per heavy atom. The zero-order valence-electron chi connectivity index (χ0n) is 8.91. The third-order valence-electron chi connectivity index (χ3n) is 1.72. The van der Waals surface area contributed by atoms with E-state index in [2.05, 4.69) is 22.2 Å². The maximum Gasteiger partial charge on any atom is 0.226 e. The Morgan fingerprint density at radius 2 is 2.14 bits per heavy atom. The predicted molar refractivity (Wildman–Crippen MR) is 59.6 cm³/mol. The van der Waals surface area contributed by atoms with Gasteiger partial charge in [0.15, 0.2) is 0 Å². The molecule has 0 atom stereocenters. The predicted octanol–water partition coefficient (Wildman–Crippen LogP) is 0.947. The second-order valence-corrected chi connectivity index (χ2v) is 3.30. The minimum absolute atomic E-state index is 0.488. The van der Waals surface area contributed by atoms with Gasteiger partial charge in [-0.25, -0.2) is 0 Å². The zero-order chi connectivity index (χ0) is 10.6. The van der Waals surface area contributed by atoms with Crippen molar-refractivity contribution >= 4 is 17.6 Å². The summed E-state index contributed by atoms with van der Waals surface area (Å²) < 4.78 is 0. The van der Waals surface area contributed by atoms with Gasteiger partial charge in [-0.3, -0.25) is 0 Å². The summed E-state index contributed by atoms with van der Waals surface area (Å²) in [5, 5.41) is 3.10. The van der Waals surface area contributed by atoms with Gasteiger partial charge >= 0.3 is 0 Å². The van der Waals surface area contributed by atoms with Gasteiger partial charge in [0.25, 0.3) is 0 Å². The number of nitrogens with zero attached hydrogens (tertiary/aromatic N) is 3. The van der Waals surface area contributed by atoms with Crippen LogP contribution >= 0.6 is 0 Å². The minimum Gasteiger partial charge on any atom is -0.383 e. The highest BCUT2D eigenvalue weighted by Gasteiger charge is 2.02. The van der Waals surface area contributed by atoms with Gasteiger partial charge in [0.1, 0.15) is 11.6 Å². The molecule has 0 bridgehead atoms. The maximum absolute atomic E-state index is 5.65. The molecular weight excluding hydrogens is 178 g/mol. The fourth-order valence-corrected chi connectivity index (χ4v) is 0.998. The van der Waals surface area contributed by atoms with Crippen molar-refractivity contribution in [3.63, 3.8) is 0 Å². The van der Waals surface area contributed by atoms with Crippen LogP contribution in [0.25, 0.3) is 0 Å². The van der Waals surface area contributed by atoms with Gasteiger partial charge in [-0.1, -0.05) is 6.92 Å². The van der Waals surface area contributed by atoms with E-state index in [1.807, 2.05) is 19.0 Å². The van der Waals surface area contributed by atoms with Crippen LogP contribution in [0.2, 0.25) is 0 Å². The smallest absolute Gasteiger partial charge is 0.226 e. The largest absolute Gasteiger partial charge is 0.383 e. The summed E-state index contributed by atoms with van der Waals surface area (Å²) in [5.41, 5.74) is 5.65. The van der Waals surface area contributed by atoms with Gasteiger partial charge < -0.3 is 16.0 Å². The highest BCUT2D eigenvalue weighted by Crippen LogP contribution is 2.13. The van der Waals surface area contributed by atoms with E-state index in [1.165, 1.54) is 0 Å². The lowest BCUT2D eigenvalue weighted by atomic mass is 10.5. The molecule has 0 aliphatic heterocycles. The second kappa shape index (κ2) is 4.64. The Kier molecular flexibility index (Phi) is 3.50. The normalized spacial score (nSPS) is 9.93. The molecule has 0 saturated heterocycles. The zero-order valence-corrected chi connectivity index (χ0v) is 8.91. The van der Waals surface area contributed by atoms with Gasteiger partial charge in [-0.15, -0.1) is 0 Å². The number of nitrogens with two attached hydrogens (primary N) is 1. The molecule has 1 aromatic heterocycles. The highest BCUT2D eigenvalue weighted by atomic mass is 15.2. The Labute approximate surface area is 84.3 Å². The number of rotatable bonds is 4. The first-order valence-electron chi connectivity index (χ1n) is 4.69. The van der Waals surface area contributed by atoms with Crippen LogP contribution in [0.1, 0.15) is 13.3 Å². The summed E-state index contributed by atoms with van der Waals surface area (Å²) in [5.74, 6) is 1.90. The third kappa shape index (κ3) is 2.76. The molecule has 1 rings (SSSR count). The monoisotopic (exact) mass is 195 g/mol. The van der Waals surface area contributed by atoms with Crippen LogP contribution in [0.15, 0.2) is 6.07 Å². The summed E-state index contributed by atoms with van der Waals surface area (Å²) in [4.78, 5) is 10.3. The molecule has 0 saturated carbocycles. The minimum atomic E-state index is 0.488. The lowest BCUT2D eigenvalue weighted by Crippen LogP contribution is -2.14. The molecule has 1 aromatic rings. The van der Waals surface area contributed by atoms with Crippen molar-refractivity contribution in [2.75, 3.05) is 36.6 Å². The van der Waals surface area contributed by atoms with E-state index in [4.69, 9.17) is 5.73 Å². The first-order valence-corrected chi connectivity index (χ1v) is 4.69. The van der Waals surface area contributed by atoms with E-state index >= 15 is 0 Å². The Balaban J connectivity index is 2.84. The van der Waals surface area contributed by atoms with Crippen LogP contribution in [-0.4, -0.2) is 30.6 Å². The molecule has 14 heavy (non-hydrogen) atoms. The fraction of sp³-hybridized carbons (Fsp3) is 0.556. The standard InChI is InChI=1S/C9H17N5/c1-4-5-11-9-12-7(10)6-8(13-9)14(2)3/h6H,4-5H2,1-3H3,(H3,10,11,12,13). The number of anilines is 3. The van der Waals surface area contributed by atoms with Crippen LogP contribution in [0, 0.1) is 0 Å². The van der Waals surface area contributed by atoms with Crippen molar-refractivity contribution in [2.45, 2.75) is 13.3 Å². The van der Waals surface area contributed by atoms with Crippen molar-refractivity contribution in [1.29, 1.82) is 0 Å². The summed E-state index contributed by atoms with van der Waals surface area (Å²) in [6.45, 7) is 2.95. The van der Waals surface area contributed by atoms with Crippen molar-refractivity contribution in [3.05, 3.63) is 6.07 Å². The van der Waals surface area contributed by atoms with E-state index in [-0.39, 0.29) is 0 Å². The first-order chi connectivity index (χ1) is 6.63. The van der Waals surface area contributed by atoms with Crippen LogP contribution in [0.4, 0.5) is 17.6 Å². The molecule has 0 spiro atoms. The molecule has 0 unspecified atom stereocenters. The third-order valence-corrected chi connectivity index (χ3v) is 1.72. The quantitative estimate of drug-likeness (QED) is 0.748. The molecular formula is C9H17N5. The lowest BCUT2D eigenvalue weighted by Gasteiger charge is -2.13. The Morgan fingerprint density at radius 3 is 2.71 bits per heavy atom. The van der Waals surface area contributed by atoms with Gasteiger partial charge in [0, 0.05) is 26.7 Å². The Hall–Kier alpha value is -1.52. The molecule has 5 heteroatoms. The van der Waals surface area contributed by atoms with E-state index in [0.29, 0.717) is 11.8 Å². The van der Waals surface area contributed by atoms with Crippen molar-refractivity contribution in [3.8, 4) is 0 Å². The topological polar surface area (TPSA) is 67.1 Å². The maximum atomic E-state index is 5.65. The molecule has 0 aliphatic rings. The van der Waals surface area contributed by atoms with E-state index in [1.54, 1.807) is 6.07 Å². The second-order valence-electron chi connectivity index (χ2n) is 3.30. The molecule has 3 N–H and O–H groups in total. The van der Waals surface area contributed by atoms with Crippen molar-refractivity contribution in [1.82, 2.24) is 9.97 Å². The van der Waals surface area contributed by atoms with E-state index in [9.17, 15) is 0 Å². The highest BCUT2D eigenvalue weighted by molar-refractivity contribution is 5.50. The van der Waals surface area contributed by atoms with Crippen LogP contribution in [0.3, 0.4) is 0 Å². The molecule has 0 aliphatic carbocycles. The summed E-state index contributed by atoms with van der Waals surface area (Å²) in [6.07, 6.45) is 1.04. The molecule has 0 radical (unpaired) electrons. The van der Waals surface area contributed by atoms with Gasteiger partial charge in [0.05, 0.1) is 0 Å². The fourth-order valence-electron chi connectivity index (χ4n) is 0.998. The summed E-state index contributed by atoms with van der Waals surface area (Å²) in [6, 6.07) is 1.75. The van der Waals surface area contributed by atoms with Crippen LogP contribution in [0.5, 0.6) is 0 Å². The van der Waals surface area contributed by atoms with Gasteiger partial charge in [-0.2, -0.15) is 9.97 Å². The lowest BCUT2D eigenvalue weighted by molar-refractivity contribution is 0.946. The average Bonchev–Trinajstić information content (AvgIpc) is 2.14. The van der Waals surface area contributed by atoms with Gasteiger partial charge in [-0.05, 0) is 6.42 Å². The first kappa shape index (κ1) is 10.6. The molecule has 0 amide bonds. The van der Waals surface area contributed by atoms with Crippen molar-refractivity contribution in [2.24, 2.45) is 0 Å². The van der Waals surface area contributed by atoms with Crippen LogP contribution < -0.4 is 16.0 Å². The number of hydrogen-bond donors (Lipinski definition) is 2. The van der Waals surface area contributed by atoms with E-state index < -0.39 is 0 Å². The SMILES string of the molecule is CCCNc1nc(N)cc(N(C)C)n1. The molecule has 78 valence electrons. The number of hydrogen-bond acceptors (Lipinski definition) is 5. The number of nitrogens with one attached hydrogen (secondary N) is 1. The van der Waals surface area contributed by atoms with Gasteiger partial charge in [0.2, 0.25) is 5.95 Å². The average molecular weight is 195 g/mol. The summed E-state index contributed by atoms with van der Waals surface area (Å²) in [7, 11) is 3.84. The van der Waals surface area contributed by atoms with E-state index in [0.717, 1.165) is 18.8 Å². The molecule has 0 aromatic carbocycles. The molecule has 5 nitrogen and oxygen atoms in total. The Bertz CT molecular complexity index is 297. The van der Waals surface area contributed by atoms with Crippen LogP contribution in [-0.2, 0) is 0 Å². The molecule has 0 fully saturated rings. The van der Waals surface area contributed by atoms with Crippen molar-refractivity contribution < 1.29 is 0 Å². The number of nitrogen functional groups attached to an aromatic ring is 1. The number of aromatic nitrogens is 2.